The maximum atomic E-state index is 15.1. The lowest BCUT2D eigenvalue weighted by Gasteiger charge is -2.37. The molecule has 2 saturated carbocycles. The average molecular weight is 876 g/mol. The first-order chi connectivity index (χ1) is 30.1. The van der Waals surface area contributed by atoms with Crippen LogP contribution in [-0.4, -0.2) is 96.5 Å². The van der Waals surface area contributed by atoms with Crippen LogP contribution in [0.25, 0.3) is 22.2 Å². The highest BCUT2D eigenvalue weighted by atomic mass is 32.2. The first-order valence-electron chi connectivity index (χ1n) is 21.9. The summed E-state index contributed by atoms with van der Waals surface area (Å²) < 4.78 is 40.3. The second kappa shape index (κ2) is 17.4. The molecule has 1 unspecified atom stereocenters. The lowest BCUT2D eigenvalue weighted by Crippen LogP contribution is -2.57. The fourth-order valence-electron chi connectivity index (χ4n) is 9.19. The molecule has 0 bridgehead atoms. The number of ether oxygens (including phenoxy) is 2. The molecule has 5 atom stereocenters. The highest BCUT2D eigenvalue weighted by molar-refractivity contribution is 7.91. The van der Waals surface area contributed by atoms with E-state index in [0.29, 0.717) is 59.9 Å². The van der Waals surface area contributed by atoms with Gasteiger partial charge in [0, 0.05) is 54.9 Å². The summed E-state index contributed by atoms with van der Waals surface area (Å²) in [7, 11) is -2.33. The number of methoxy groups -OCH3 is 1. The number of carbonyl (C=O) groups excluding carboxylic acids is 4. The Morgan fingerprint density at radius 1 is 0.952 bits per heavy atom. The second-order valence-electron chi connectivity index (χ2n) is 18.6. The van der Waals surface area contributed by atoms with Crippen LogP contribution in [0.2, 0.25) is 0 Å². The summed E-state index contributed by atoms with van der Waals surface area (Å²) in [4.78, 5) is 65.9. The fraction of sp³-hybridized carbons (Fsp3) is 0.449. The zero-order valence-electron chi connectivity index (χ0n) is 36.4. The number of piperidine rings is 1. The molecule has 4 aromatic rings. The number of hydrogen-bond donors (Lipinski definition) is 2. The molecule has 0 radical (unpaired) electrons. The fourth-order valence-corrected chi connectivity index (χ4v) is 10.6. The van der Waals surface area contributed by atoms with E-state index >= 15 is 4.79 Å². The van der Waals surface area contributed by atoms with Gasteiger partial charge in [0.15, 0.2) is 0 Å². The number of rotatable bonds is 14. The predicted molar refractivity (Wildman–Crippen MR) is 240 cm³/mol. The number of pyridine rings is 1. The summed E-state index contributed by atoms with van der Waals surface area (Å²) in [5.41, 5.74) is 1.18. The topological polar surface area (TPSA) is 164 Å². The molecule has 4 amide bonds. The Bertz CT molecular complexity index is 2500. The molecule has 1 aromatic heterocycles. The minimum absolute atomic E-state index is 0.0148. The van der Waals surface area contributed by atoms with E-state index in [1.807, 2.05) is 98.5 Å². The van der Waals surface area contributed by atoms with Gasteiger partial charge < -0.3 is 24.6 Å². The van der Waals surface area contributed by atoms with Gasteiger partial charge in [0.05, 0.1) is 36.0 Å². The van der Waals surface area contributed by atoms with E-state index in [2.05, 4.69) is 28.8 Å². The van der Waals surface area contributed by atoms with Crippen molar-refractivity contribution < 1.29 is 37.1 Å². The molecule has 14 heteroatoms. The van der Waals surface area contributed by atoms with Crippen LogP contribution in [0, 0.1) is 17.3 Å². The molecular weight excluding hydrogens is 819 g/mol. The smallest absolute Gasteiger partial charge is 0.259 e. The van der Waals surface area contributed by atoms with Crippen LogP contribution in [0.1, 0.15) is 77.2 Å². The number of nitrogens with zero attached hydrogens (tertiary/aromatic N) is 3. The van der Waals surface area contributed by atoms with E-state index in [1.54, 1.807) is 7.11 Å². The summed E-state index contributed by atoms with van der Waals surface area (Å²) >= 11 is 0. The number of fused-ring (bicyclic) bond motifs is 1. The van der Waals surface area contributed by atoms with Gasteiger partial charge in [-0.05, 0) is 61.1 Å². The average Bonchev–Trinajstić information content (AvgIpc) is 4.22. The monoisotopic (exact) mass is 875 g/mol. The van der Waals surface area contributed by atoms with Crippen LogP contribution in [0.5, 0.6) is 11.5 Å². The summed E-state index contributed by atoms with van der Waals surface area (Å²) in [5, 5.41) is 2.95. The summed E-state index contributed by atoms with van der Waals surface area (Å²) in [5.74, 6) is -1.78. The molecule has 2 aliphatic heterocycles. The third kappa shape index (κ3) is 9.32. The lowest BCUT2D eigenvalue weighted by molar-refractivity contribution is -0.148. The third-order valence-electron chi connectivity index (χ3n) is 13.3. The minimum Gasteiger partial charge on any atom is -0.497 e. The Morgan fingerprint density at radius 3 is 2.25 bits per heavy atom. The predicted octanol–water partition coefficient (Wildman–Crippen LogP) is 6.39. The molecule has 8 rings (SSSR count). The van der Waals surface area contributed by atoms with Gasteiger partial charge in [-0.25, -0.2) is 13.4 Å². The van der Waals surface area contributed by atoms with Crippen LogP contribution in [-0.2, 0) is 29.2 Å². The normalized spacial score (nSPS) is 23.1. The number of carbonyl (C=O) groups is 4. The van der Waals surface area contributed by atoms with Gasteiger partial charge in [0.1, 0.15) is 29.2 Å². The Hall–Kier alpha value is -5.76. The highest BCUT2D eigenvalue weighted by Crippen LogP contribution is 2.46. The van der Waals surface area contributed by atoms with Gasteiger partial charge in [-0.3, -0.25) is 23.9 Å². The van der Waals surface area contributed by atoms with Crippen molar-refractivity contribution in [2.45, 2.75) is 94.6 Å². The molecule has 3 heterocycles. The van der Waals surface area contributed by atoms with Crippen molar-refractivity contribution in [1.29, 1.82) is 0 Å². The Morgan fingerprint density at radius 2 is 1.63 bits per heavy atom. The Labute approximate surface area is 369 Å². The first kappa shape index (κ1) is 43.9. The number of hydrogen-bond acceptors (Lipinski definition) is 9. The maximum absolute atomic E-state index is 15.1. The molecule has 0 spiro atoms. The second-order valence-corrected chi connectivity index (χ2v) is 20.6. The Kier molecular flexibility index (Phi) is 12.1. The van der Waals surface area contributed by atoms with Crippen molar-refractivity contribution in [2.24, 2.45) is 17.3 Å². The minimum atomic E-state index is -3.91. The number of amides is 4. The zero-order valence-corrected chi connectivity index (χ0v) is 37.2. The summed E-state index contributed by atoms with van der Waals surface area (Å²) in [6.45, 7) is 10.8. The van der Waals surface area contributed by atoms with Crippen molar-refractivity contribution in [3.63, 3.8) is 0 Å². The lowest BCUT2D eigenvalue weighted by atomic mass is 9.77. The molecule has 2 saturated heterocycles. The number of sulfonamides is 1. The number of aromatic nitrogens is 1. The van der Waals surface area contributed by atoms with E-state index < -0.39 is 62.0 Å². The standard InChI is InChI=1S/C49H57N5O8S/c1-6-34-29-49(34,47(58)52-63(59,60)37-18-19-37)51-45(56)42-26-36(62-43-28-40(33-15-11-8-12-16-33)50-41-25-35(61-5)17-20-38(41)43)30-54(42)46(57)39(48(2,3)4)27-44(55)53-23-21-32(22-24-53)31-13-9-7-10-14-31/h6-17,20,25,28,32,34,36-37,39,42H,1,18-19,21-24,26-27,29-30H2,2-5H3,(H,51,56)(H,52,58)/t34-,36-,39?,42+,49-/m1/s1. The van der Waals surface area contributed by atoms with E-state index in [9.17, 15) is 22.8 Å². The van der Waals surface area contributed by atoms with E-state index in [4.69, 9.17) is 14.5 Å². The van der Waals surface area contributed by atoms with Crippen molar-refractivity contribution in [1.82, 2.24) is 24.8 Å². The molecule has 3 aromatic carbocycles. The van der Waals surface area contributed by atoms with Crippen LogP contribution >= 0.6 is 0 Å². The molecule has 4 fully saturated rings. The van der Waals surface area contributed by atoms with Crippen molar-refractivity contribution in [3.05, 3.63) is 103 Å². The SMILES string of the molecule is C=C[C@@H]1C[C@]1(NC(=O)[C@@H]1C[C@@H](Oc2cc(-c3ccccc3)nc3cc(OC)ccc23)CN1C(=O)C(CC(=O)N1CCC(c2ccccc2)CC1)C(C)(C)C)C(=O)NS(=O)(=O)C1CC1. The molecule has 2 aliphatic carbocycles. The zero-order chi connectivity index (χ0) is 44.7. The van der Waals surface area contributed by atoms with Crippen LogP contribution in [0.15, 0.2) is 97.6 Å². The van der Waals surface area contributed by atoms with Gasteiger partial charge in [-0.1, -0.05) is 87.5 Å². The van der Waals surface area contributed by atoms with Gasteiger partial charge in [-0.15, -0.1) is 6.58 Å². The van der Waals surface area contributed by atoms with E-state index in [1.165, 1.54) is 16.5 Å². The van der Waals surface area contributed by atoms with Crippen LogP contribution < -0.4 is 19.5 Å². The quantitative estimate of drug-likeness (QED) is 0.137. The van der Waals surface area contributed by atoms with E-state index in [-0.39, 0.29) is 37.6 Å². The number of nitrogens with one attached hydrogen (secondary N) is 2. The molecular formula is C49H57N5O8S. The van der Waals surface area contributed by atoms with Gasteiger partial charge in [0.2, 0.25) is 27.7 Å². The molecule has 13 nitrogen and oxygen atoms in total. The number of benzene rings is 3. The summed E-state index contributed by atoms with van der Waals surface area (Å²) in [6, 6.07) is 26.2. The highest BCUT2D eigenvalue weighted by Gasteiger charge is 2.62. The molecule has 4 aliphatic rings. The molecule has 2 N–H and O–H groups in total. The van der Waals surface area contributed by atoms with Crippen molar-refractivity contribution in [3.8, 4) is 22.8 Å². The van der Waals surface area contributed by atoms with Gasteiger partial charge in [-0.2, -0.15) is 0 Å². The molecule has 332 valence electrons. The van der Waals surface area contributed by atoms with Crippen LogP contribution in [0.3, 0.4) is 0 Å². The Balaban J connectivity index is 1.08. The first-order valence-corrected chi connectivity index (χ1v) is 23.5. The van der Waals surface area contributed by atoms with Crippen molar-refractivity contribution >= 4 is 44.6 Å². The van der Waals surface area contributed by atoms with Gasteiger partial charge >= 0.3 is 0 Å². The van der Waals surface area contributed by atoms with Crippen LogP contribution in [0.4, 0.5) is 0 Å². The van der Waals surface area contributed by atoms with E-state index in [0.717, 1.165) is 18.4 Å². The van der Waals surface area contributed by atoms with Crippen molar-refractivity contribution in [2.75, 3.05) is 26.7 Å². The largest absolute Gasteiger partial charge is 0.497 e. The van der Waals surface area contributed by atoms with Gasteiger partial charge in [0.25, 0.3) is 5.91 Å². The molecule has 63 heavy (non-hydrogen) atoms. The third-order valence-corrected chi connectivity index (χ3v) is 15.1. The number of likely N-dealkylation sites (tertiary alicyclic amines) is 2. The maximum Gasteiger partial charge on any atom is 0.259 e. The summed E-state index contributed by atoms with van der Waals surface area (Å²) in [6.07, 6.45) is 3.58.